The molecule has 0 aliphatic carbocycles. The Hall–Kier alpha value is -3.36. The zero-order chi connectivity index (χ0) is 20.3. The van der Waals surface area contributed by atoms with Gasteiger partial charge in [0, 0.05) is 35.8 Å². The molecule has 0 radical (unpaired) electrons. The molecule has 0 saturated carbocycles. The Morgan fingerprint density at radius 2 is 1.68 bits per heavy atom. The summed E-state index contributed by atoms with van der Waals surface area (Å²) in [5, 5.41) is 7.57. The van der Waals surface area contributed by atoms with Crippen molar-refractivity contribution >= 4 is 17.6 Å². The molecule has 2 atom stereocenters. The topological polar surface area (TPSA) is 88.7 Å². The first-order valence-corrected chi connectivity index (χ1v) is 8.45. The lowest BCUT2D eigenvalue weighted by molar-refractivity contribution is -0.120. The number of carbonyl (C=O) groups is 2. The molecule has 9 heteroatoms. The third kappa shape index (κ3) is 3.98. The van der Waals surface area contributed by atoms with Crippen LogP contribution >= 0.6 is 0 Å². The van der Waals surface area contributed by atoms with Crippen molar-refractivity contribution in [2.24, 2.45) is 0 Å². The van der Waals surface area contributed by atoms with Gasteiger partial charge in [-0.2, -0.15) is 0 Å². The van der Waals surface area contributed by atoms with Gasteiger partial charge in [-0.1, -0.05) is 0 Å². The van der Waals surface area contributed by atoms with Crippen LogP contribution in [-0.4, -0.2) is 38.7 Å². The summed E-state index contributed by atoms with van der Waals surface area (Å²) in [7, 11) is 2.81. The highest BCUT2D eigenvalue weighted by Crippen LogP contribution is 2.31. The zero-order valence-corrected chi connectivity index (χ0v) is 15.2. The number of amides is 3. The first kappa shape index (κ1) is 19.4. The predicted octanol–water partition coefficient (Wildman–Crippen LogP) is 2.39. The number of ether oxygens (including phenoxy) is 2. The number of halogens is 2. The summed E-state index contributed by atoms with van der Waals surface area (Å²) in [6, 6.07) is 6.82. The lowest BCUT2D eigenvalue weighted by Gasteiger charge is -2.20. The van der Waals surface area contributed by atoms with E-state index in [-0.39, 0.29) is 17.9 Å². The summed E-state index contributed by atoms with van der Waals surface area (Å²) in [5.41, 5.74) is 0.184. The Morgan fingerprint density at radius 3 is 2.25 bits per heavy atom. The molecule has 1 aliphatic heterocycles. The third-order valence-corrected chi connectivity index (χ3v) is 4.47. The van der Waals surface area contributed by atoms with Gasteiger partial charge in [0.2, 0.25) is 5.91 Å². The number of carbonyl (C=O) groups excluding carboxylic acids is 2. The fourth-order valence-corrected chi connectivity index (χ4v) is 3.07. The monoisotopic (exact) mass is 391 g/mol. The SMILES string of the molecule is COc1ccc(NC(=O)NC2C(=O)NCC2c2c(F)cc(OC)cc2F)cc1. The van der Waals surface area contributed by atoms with Crippen molar-refractivity contribution in [2.75, 3.05) is 26.1 Å². The average Bonchev–Trinajstić information content (AvgIpc) is 3.02. The Labute approximate surface area is 160 Å². The second kappa shape index (κ2) is 8.12. The minimum atomic E-state index is -1.13. The van der Waals surface area contributed by atoms with Crippen LogP contribution in [-0.2, 0) is 4.79 Å². The minimum absolute atomic E-state index is 0.00746. The maximum absolute atomic E-state index is 14.4. The van der Waals surface area contributed by atoms with E-state index in [9.17, 15) is 18.4 Å². The van der Waals surface area contributed by atoms with Crippen LogP contribution in [0.4, 0.5) is 19.3 Å². The van der Waals surface area contributed by atoms with E-state index in [0.29, 0.717) is 11.4 Å². The predicted molar refractivity (Wildman–Crippen MR) is 97.6 cm³/mol. The quantitative estimate of drug-likeness (QED) is 0.730. The van der Waals surface area contributed by atoms with Gasteiger partial charge in [-0.05, 0) is 24.3 Å². The number of anilines is 1. The highest BCUT2D eigenvalue weighted by atomic mass is 19.1. The maximum Gasteiger partial charge on any atom is 0.319 e. The lowest BCUT2D eigenvalue weighted by atomic mass is 9.93. The zero-order valence-electron chi connectivity index (χ0n) is 15.2. The fourth-order valence-electron chi connectivity index (χ4n) is 3.07. The molecule has 1 saturated heterocycles. The summed E-state index contributed by atoms with van der Waals surface area (Å²) < 4.78 is 38.7. The van der Waals surface area contributed by atoms with Gasteiger partial charge in [0.25, 0.3) is 0 Å². The van der Waals surface area contributed by atoms with Crippen molar-refractivity contribution in [2.45, 2.75) is 12.0 Å². The van der Waals surface area contributed by atoms with Gasteiger partial charge >= 0.3 is 6.03 Å². The van der Waals surface area contributed by atoms with Gasteiger partial charge in [0.1, 0.15) is 29.2 Å². The van der Waals surface area contributed by atoms with Crippen molar-refractivity contribution in [3.8, 4) is 11.5 Å². The van der Waals surface area contributed by atoms with Crippen molar-refractivity contribution < 1.29 is 27.8 Å². The molecule has 3 rings (SSSR count). The number of benzene rings is 2. The minimum Gasteiger partial charge on any atom is -0.497 e. The van der Waals surface area contributed by atoms with Crippen LogP contribution in [0.3, 0.4) is 0 Å². The van der Waals surface area contributed by atoms with Gasteiger partial charge in [-0.3, -0.25) is 4.79 Å². The maximum atomic E-state index is 14.4. The second-order valence-corrected chi connectivity index (χ2v) is 6.16. The van der Waals surface area contributed by atoms with Gasteiger partial charge < -0.3 is 25.4 Å². The highest BCUT2D eigenvalue weighted by Gasteiger charge is 2.40. The van der Waals surface area contributed by atoms with Crippen LogP contribution in [0.25, 0.3) is 0 Å². The van der Waals surface area contributed by atoms with Crippen LogP contribution in [0.1, 0.15) is 11.5 Å². The third-order valence-electron chi connectivity index (χ3n) is 4.47. The van der Waals surface area contributed by atoms with Gasteiger partial charge in [0.05, 0.1) is 14.2 Å². The van der Waals surface area contributed by atoms with Gasteiger partial charge in [-0.15, -0.1) is 0 Å². The molecule has 7 nitrogen and oxygen atoms in total. The first-order chi connectivity index (χ1) is 13.4. The summed E-state index contributed by atoms with van der Waals surface area (Å²) >= 11 is 0. The van der Waals surface area contributed by atoms with E-state index in [2.05, 4.69) is 16.0 Å². The van der Waals surface area contributed by atoms with Crippen LogP contribution in [0.5, 0.6) is 11.5 Å². The van der Waals surface area contributed by atoms with E-state index < -0.39 is 35.5 Å². The molecule has 1 fully saturated rings. The van der Waals surface area contributed by atoms with Crippen molar-refractivity contribution in [1.82, 2.24) is 10.6 Å². The van der Waals surface area contributed by atoms with Gasteiger partial charge in [-0.25, -0.2) is 13.6 Å². The highest BCUT2D eigenvalue weighted by molar-refractivity contribution is 5.95. The molecule has 3 N–H and O–H groups in total. The Bertz CT molecular complexity index is 866. The van der Waals surface area contributed by atoms with Crippen LogP contribution < -0.4 is 25.4 Å². The summed E-state index contributed by atoms with van der Waals surface area (Å²) in [6.45, 7) is -0.00746. The molecule has 28 heavy (non-hydrogen) atoms. The van der Waals surface area contributed by atoms with E-state index in [4.69, 9.17) is 9.47 Å². The number of rotatable bonds is 5. The van der Waals surface area contributed by atoms with Crippen molar-refractivity contribution in [3.05, 3.63) is 53.6 Å². The number of hydrogen-bond acceptors (Lipinski definition) is 4. The van der Waals surface area contributed by atoms with Gasteiger partial charge in [0.15, 0.2) is 0 Å². The molecular formula is C19H19F2N3O4. The summed E-state index contributed by atoms with van der Waals surface area (Å²) in [6.07, 6.45) is 0. The van der Waals surface area contributed by atoms with Crippen LogP contribution in [0.15, 0.2) is 36.4 Å². The van der Waals surface area contributed by atoms with E-state index in [1.807, 2.05) is 0 Å². The Balaban J connectivity index is 1.76. The van der Waals surface area contributed by atoms with Crippen LogP contribution in [0.2, 0.25) is 0 Å². The molecule has 2 aromatic carbocycles. The number of nitrogens with one attached hydrogen (secondary N) is 3. The number of hydrogen-bond donors (Lipinski definition) is 3. The molecule has 2 aromatic rings. The standard InChI is InChI=1S/C19H19F2N3O4/c1-27-11-5-3-10(4-6-11)23-19(26)24-17-13(9-22-18(17)25)16-14(20)7-12(28-2)8-15(16)21/h3-8,13,17H,9H2,1-2H3,(H,22,25)(H2,23,24,26). The molecule has 2 unspecified atom stereocenters. The first-order valence-electron chi connectivity index (χ1n) is 8.45. The number of urea groups is 1. The van der Waals surface area contributed by atoms with E-state index in [0.717, 1.165) is 12.1 Å². The molecule has 1 heterocycles. The fraction of sp³-hybridized carbons (Fsp3) is 0.263. The van der Waals surface area contributed by atoms with E-state index in [1.165, 1.54) is 14.2 Å². The second-order valence-electron chi connectivity index (χ2n) is 6.16. The number of methoxy groups -OCH3 is 2. The molecule has 0 aromatic heterocycles. The molecule has 148 valence electrons. The molecule has 0 spiro atoms. The summed E-state index contributed by atoms with van der Waals surface area (Å²) in [4.78, 5) is 24.4. The van der Waals surface area contributed by atoms with Crippen molar-refractivity contribution in [3.63, 3.8) is 0 Å². The lowest BCUT2D eigenvalue weighted by Crippen LogP contribution is -2.45. The van der Waals surface area contributed by atoms with E-state index in [1.54, 1.807) is 24.3 Å². The Kier molecular flexibility index (Phi) is 5.62. The smallest absolute Gasteiger partial charge is 0.319 e. The normalized spacial score (nSPS) is 18.4. The molecular weight excluding hydrogens is 372 g/mol. The Morgan fingerprint density at radius 1 is 1.07 bits per heavy atom. The molecule has 3 amide bonds. The molecule has 1 aliphatic rings. The largest absolute Gasteiger partial charge is 0.497 e. The van der Waals surface area contributed by atoms with Crippen molar-refractivity contribution in [1.29, 1.82) is 0 Å². The summed E-state index contributed by atoms with van der Waals surface area (Å²) in [5.74, 6) is -2.48. The average molecular weight is 391 g/mol. The van der Waals surface area contributed by atoms with E-state index >= 15 is 0 Å². The van der Waals surface area contributed by atoms with Crippen LogP contribution in [0, 0.1) is 11.6 Å². The molecule has 0 bridgehead atoms.